The average molecular weight is 338 g/mol. The van der Waals surface area contributed by atoms with E-state index in [2.05, 4.69) is 59.7 Å². The molecule has 0 atom stereocenters. The number of rotatable bonds is 1. The third-order valence-electron chi connectivity index (χ3n) is 1.81. The van der Waals surface area contributed by atoms with Crippen molar-refractivity contribution in [3.63, 3.8) is 0 Å². The molecule has 0 saturated heterocycles. The molecular weight excluding hydrogens is 331 g/mol. The Labute approximate surface area is 105 Å². The van der Waals surface area contributed by atoms with Crippen LogP contribution < -0.4 is 0 Å². The number of fused-ring (bicyclic) bond motifs is 1. The molecule has 0 amide bonds. The minimum Gasteiger partial charge on any atom is -0.132 e. The maximum Gasteiger partial charge on any atom is 0.0717 e. The Morgan fingerprint density at radius 1 is 1.46 bits per heavy atom. The van der Waals surface area contributed by atoms with E-state index in [1.54, 1.807) is 23.1 Å². The zero-order chi connectivity index (χ0) is 9.42. The summed E-state index contributed by atoms with van der Waals surface area (Å²) in [6.45, 7) is 0. The first-order chi connectivity index (χ1) is 6.24. The Bertz CT molecular complexity index is 447. The van der Waals surface area contributed by atoms with Crippen LogP contribution in [0.5, 0.6) is 0 Å². The van der Waals surface area contributed by atoms with Gasteiger partial charge in [0.2, 0.25) is 0 Å². The van der Waals surface area contributed by atoms with Crippen LogP contribution in [0, 0.1) is 3.57 Å². The third-order valence-corrected chi connectivity index (χ3v) is 5.73. The summed E-state index contributed by atoms with van der Waals surface area (Å²) < 4.78 is 3.81. The highest BCUT2D eigenvalue weighted by molar-refractivity contribution is 14.1. The van der Waals surface area contributed by atoms with Gasteiger partial charge in [-0.1, -0.05) is 12.1 Å². The number of thiophene rings is 1. The van der Waals surface area contributed by atoms with Crippen molar-refractivity contribution in [2.75, 3.05) is 6.26 Å². The molecule has 68 valence electrons. The summed E-state index contributed by atoms with van der Waals surface area (Å²) in [4.78, 5) is 1.31. The van der Waals surface area contributed by atoms with Crippen LogP contribution in [0.3, 0.4) is 0 Å². The monoisotopic (exact) mass is 338 g/mol. The van der Waals surface area contributed by atoms with Gasteiger partial charge in [-0.2, -0.15) is 0 Å². The van der Waals surface area contributed by atoms with Crippen LogP contribution in [0.15, 0.2) is 27.3 Å². The van der Waals surface area contributed by atoms with Gasteiger partial charge in [-0.25, -0.2) is 0 Å². The van der Waals surface area contributed by atoms with E-state index in [1.807, 2.05) is 0 Å². The zero-order valence-corrected chi connectivity index (χ0v) is 11.6. The van der Waals surface area contributed by atoms with Gasteiger partial charge in [0.25, 0.3) is 0 Å². The molecule has 0 unspecified atom stereocenters. The Morgan fingerprint density at radius 3 is 2.92 bits per heavy atom. The first kappa shape index (κ1) is 10.1. The van der Waals surface area contributed by atoms with Crippen molar-refractivity contribution in [2.45, 2.75) is 9.10 Å². The molecule has 0 nitrogen and oxygen atoms in total. The molecule has 13 heavy (non-hydrogen) atoms. The minimum atomic E-state index is 1.13. The van der Waals surface area contributed by atoms with E-state index in [0.29, 0.717) is 0 Å². The van der Waals surface area contributed by atoms with Gasteiger partial charge < -0.3 is 0 Å². The van der Waals surface area contributed by atoms with Crippen molar-refractivity contribution >= 4 is 68.4 Å². The highest BCUT2D eigenvalue weighted by atomic mass is 127. The van der Waals surface area contributed by atoms with Gasteiger partial charge in [-0.05, 0) is 34.9 Å². The quantitative estimate of drug-likeness (QED) is 0.453. The lowest BCUT2D eigenvalue weighted by molar-refractivity contribution is 1.46. The van der Waals surface area contributed by atoms with Crippen molar-refractivity contribution < 1.29 is 0 Å². The maximum atomic E-state index is 4.48. The number of thioether (sulfide) groups is 1. The largest absolute Gasteiger partial charge is 0.132 e. The van der Waals surface area contributed by atoms with Crippen molar-refractivity contribution in [1.82, 2.24) is 0 Å². The molecule has 0 aliphatic carbocycles. The smallest absolute Gasteiger partial charge is 0.0717 e. The summed E-state index contributed by atoms with van der Waals surface area (Å²) in [6.07, 6.45) is 2.10. The van der Waals surface area contributed by atoms with E-state index in [0.717, 1.165) is 4.21 Å². The molecule has 2 aromatic rings. The molecule has 0 saturated carbocycles. The van der Waals surface area contributed by atoms with Crippen molar-refractivity contribution in [3.8, 4) is 0 Å². The molecule has 1 aromatic carbocycles. The molecule has 0 N–H and O–H groups in total. The molecule has 1 aromatic heterocycles. The summed E-state index contributed by atoms with van der Waals surface area (Å²) in [7, 11) is 0. The van der Waals surface area contributed by atoms with Crippen LogP contribution in [-0.2, 0) is 0 Å². The first-order valence-electron chi connectivity index (χ1n) is 3.68. The third kappa shape index (κ3) is 1.73. The number of benzene rings is 1. The fraction of sp³-hybridized carbons (Fsp3) is 0.111. The Morgan fingerprint density at radius 2 is 2.23 bits per heavy atom. The molecule has 2 rings (SSSR count). The van der Waals surface area contributed by atoms with E-state index in [9.17, 15) is 0 Å². The van der Waals surface area contributed by atoms with Crippen molar-refractivity contribution in [1.29, 1.82) is 0 Å². The van der Waals surface area contributed by atoms with Crippen molar-refractivity contribution in [2.24, 2.45) is 0 Å². The van der Waals surface area contributed by atoms with Crippen LogP contribution >= 0.6 is 58.3 Å². The van der Waals surface area contributed by atoms with E-state index < -0.39 is 0 Å². The molecule has 4 heteroatoms. The second-order valence-electron chi connectivity index (χ2n) is 2.56. The topological polar surface area (TPSA) is 0 Å². The zero-order valence-electron chi connectivity index (χ0n) is 6.87. The summed E-state index contributed by atoms with van der Waals surface area (Å²) in [5.74, 6) is 0. The van der Waals surface area contributed by atoms with Crippen molar-refractivity contribution in [3.05, 3.63) is 21.8 Å². The Kier molecular flexibility index (Phi) is 3.12. The van der Waals surface area contributed by atoms with Crippen LogP contribution in [0.1, 0.15) is 0 Å². The number of thiol groups is 1. The highest BCUT2D eigenvalue weighted by Gasteiger charge is 2.09. The number of hydrogen-bond donors (Lipinski definition) is 1. The first-order valence-corrected chi connectivity index (χ1v) is 7.24. The molecule has 0 radical (unpaired) electrons. The molecule has 1 heterocycles. The molecule has 0 spiro atoms. The maximum absolute atomic E-state index is 4.48. The van der Waals surface area contributed by atoms with Gasteiger partial charge in [0.1, 0.15) is 0 Å². The lowest BCUT2D eigenvalue weighted by Gasteiger charge is -1.95. The molecule has 0 aliphatic rings. The van der Waals surface area contributed by atoms with E-state index in [4.69, 9.17) is 0 Å². The summed E-state index contributed by atoms with van der Waals surface area (Å²) in [5, 5.41) is 1.34. The highest BCUT2D eigenvalue weighted by Crippen LogP contribution is 2.41. The Hall–Kier alpha value is 0.610. The van der Waals surface area contributed by atoms with E-state index >= 15 is 0 Å². The molecular formula is C9H7IS3. The van der Waals surface area contributed by atoms with Gasteiger partial charge in [0.05, 0.1) is 4.21 Å². The van der Waals surface area contributed by atoms with Crippen LogP contribution in [0.2, 0.25) is 0 Å². The lowest BCUT2D eigenvalue weighted by Crippen LogP contribution is -1.70. The second kappa shape index (κ2) is 4.00. The summed E-state index contributed by atoms with van der Waals surface area (Å²) >= 11 is 10.4. The van der Waals surface area contributed by atoms with Gasteiger partial charge in [-0.3, -0.25) is 0 Å². The van der Waals surface area contributed by atoms with E-state index in [-0.39, 0.29) is 0 Å². The molecule has 0 bridgehead atoms. The standard InChI is InChI=1S/C9H7IS3/c1-12-8-5-3-2-4-6(10)7(5)13-9(8)11/h2-4,11H,1H3. The summed E-state index contributed by atoms with van der Waals surface area (Å²) in [5.41, 5.74) is 0. The normalized spacial score (nSPS) is 11.0. The van der Waals surface area contributed by atoms with Gasteiger partial charge in [-0.15, -0.1) is 35.7 Å². The molecule has 0 fully saturated rings. The van der Waals surface area contributed by atoms with E-state index in [1.165, 1.54) is 18.6 Å². The Balaban J connectivity index is 2.86. The fourth-order valence-electron chi connectivity index (χ4n) is 1.25. The molecule has 0 aliphatic heterocycles. The number of hydrogen-bond acceptors (Lipinski definition) is 3. The average Bonchev–Trinajstić information content (AvgIpc) is 2.43. The number of halogens is 1. The minimum absolute atomic E-state index is 1.13. The van der Waals surface area contributed by atoms with Gasteiger partial charge >= 0.3 is 0 Å². The van der Waals surface area contributed by atoms with Crippen LogP contribution in [0.4, 0.5) is 0 Å². The fourth-order valence-corrected chi connectivity index (χ4v) is 4.59. The predicted molar refractivity (Wildman–Crippen MR) is 73.6 cm³/mol. The van der Waals surface area contributed by atoms with Gasteiger partial charge in [0.15, 0.2) is 0 Å². The SMILES string of the molecule is CSc1c(S)sc2c(I)cccc12. The lowest BCUT2D eigenvalue weighted by atomic mass is 10.3. The van der Waals surface area contributed by atoms with Gasteiger partial charge in [0, 0.05) is 18.6 Å². The van der Waals surface area contributed by atoms with Crippen LogP contribution in [0.25, 0.3) is 10.1 Å². The predicted octanol–water partition coefficient (Wildman–Crippen LogP) is 4.52. The van der Waals surface area contributed by atoms with Crippen LogP contribution in [-0.4, -0.2) is 6.26 Å². The second-order valence-corrected chi connectivity index (χ2v) is 6.31. The summed E-state index contributed by atoms with van der Waals surface area (Å²) in [6, 6.07) is 6.40.